The number of para-hydroxylation sites is 2. The molecule has 24 heavy (non-hydrogen) atoms. The summed E-state index contributed by atoms with van der Waals surface area (Å²) in [5.41, 5.74) is 6.21. The largest absolute Gasteiger partial charge is 0.449 e. The number of benzene rings is 1. The number of aromatic nitrogens is 1. The van der Waals surface area contributed by atoms with Crippen molar-refractivity contribution in [3.05, 3.63) is 24.3 Å². The molecule has 8 nitrogen and oxygen atoms in total. The lowest BCUT2D eigenvalue weighted by molar-refractivity contribution is -0.126. The highest BCUT2D eigenvalue weighted by Gasteiger charge is 2.27. The summed E-state index contributed by atoms with van der Waals surface area (Å²) in [4.78, 5) is 29.7. The number of hydrazine groups is 1. The predicted octanol–water partition coefficient (Wildman–Crippen LogP) is 1.82. The third-order valence-electron chi connectivity index (χ3n) is 3.98. The molecule has 0 unspecified atom stereocenters. The van der Waals surface area contributed by atoms with Crippen LogP contribution in [0.25, 0.3) is 11.1 Å². The van der Waals surface area contributed by atoms with Gasteiger partial charge in [-0.1, -0.05) is 12.1 Å². The maximum absolute atomic E-state index is 12.1. The molecule has 128 valence electrons. The Bertz CT molecular complexity index is 689. The van der Waals surface area contributed by atoms with Crippen molar-refractivity contribution in [2.45, 2.75) is 19.8 Å². The van der Waals surface area contributed by atoms with Gasteiger partial charge in [-0.25, -0.2) is 10.2 Å². The number of oxazole rings is 1. The molecule has 1 aromatic heterocycles. The van der Waals surface area contributed by atoms with E-state index in [0.29, 0.717) is 31.9 Å². The van der Waals surface area contributed by atoms with Gasteiger partial charge in [0.15, 0.2) is 5.58 Å². The summed E-state index contributed by atoms with van der Waals surface area (Å²) in [6.07, 6.45) is 0.666. The Kier molecular flexibility index (Phi) is 4.83. The van der Waals surface area contributed by atoms with E-state index in [4.69, 9.17) is 4.42 Å². The fraction of sp³-hybridized carbons (Fsp3) is 0.438. The van der Waals surface area contributed by atoms with E-state index in [0.717, 1.165) is 11.1 Å². The minimum Gasteiger partial charge on any atom is -0.449 e. The zero-order chi connectivity index (χ0) is 16.9. The average Bonchev–Trinajstić information content (AvgIpc) is 3.04. The second-order valence-electron chi connectivity index (χ2n) is 5.56. The molecule has 0 radical (unpaired) electrons. The summed E-state index contributed by atoms with van der Waals surface area (Å²) in [6.45, 7) is 3.29. The second kappa shape index (κ2) is 7.20. The van der Waals surface area contributed by atoms with Crippen LogP contribution < -0.4 is 15.8 Å². The first-order valence-corrected chi connectivity index (χ1v) is 8.00. The molecule has 1 fully saturated rings. The van der Waals surface area contributed by atoms with Crippen molar-refractivity contribution >= 4 is 29.1 Å². The second-order valence-corrected chi connectivity index (χ2v) is 5.56. The third kappa shape index (κ3) is 3.58. The first-order valence-electron chi connectivity index (χ1n) is 8.00. The number of hydrogen-bond donors (Lipinski definition) is 2. The van der Waals surface area contributed by atoms with Gasteiger partial charge in [-0.15, -0.1) is 0 Å². The first-order chi connectivity index (χ1) is 11.7. The Morgan fingerprint density at radius 3 is 2.75 bits per heavy atom. The van der Waals surface area contributed by atoms with Crippen LogP contribution in [0.2, 0.25) is 0 Å². The van der Waals surface area contributed by atoms with Crippen molar-refractivity contribution in [1.29, 1.82) is 0 Å². The highest BCUT2D eigenvalue weighted by atomic mass is 16.6. The number of ether oxygens (including phenoxy) is 1. The lowest BCUT2D eigenvalue weighted by Crippen LogP contribution is -2.47. The minimum absolute atomic E-state index is 0.160. The van der Waals surface area contributed by atoms with Crippen molar-refractivity contribution in [2.24, 2.45) is 5.92 Å². The number of carbonyl (C=O) groups excluding carboxylic acids is 2. The summed E-state index contributed by atoms with van der Waals surface area (Å²) in [5, 5.41) is 0. The molecule has 0 saturated carbocycles. The van der Waals surface area contributed by atoms with Crippen LogP contribution in [0.15, 0.2) is 28.7 Å². The van der Waals surface area contributed by atoms with Crippen LogP contribution in [-0.2, 0) is 9.53 Å². The Balaban J connectivity index is 1.51. The highest BCUT2D eigenvalue weighted by Crippen LogP contribution is 2.26. The molecular formula is C16H20N4O4. The fourth-order valence-corrected chi connectivity index (χ4v) is 2.71. The molecule has 1 aliphatic rings. The Hall–Kier alpha value is -2.77. The van der Waals surface area contributed by atoms with E-state index >= 15 is 0 Å². The Labute approximate surface area is 139 Å². The van der Waals surface area contributed by atoms with Gasteiger partial charge >= 0.3 is 6.09 Å². The summed E-state index contributed by atoms with van der Waals surface area (Å²) in [5.74, 6) is -0.368. The third-order valence-corrected chi connectivity index (χ3v) is 3.98. The number of amides is 2. The summed E-state index contributed by atoms with van der Waals surface area (Å²) in [6, 6.07) is 8.20. The number of carbonyl (C=O) groups is 2. The Morgan fingerprint density at radius 2 is 2.04 bits per heavy atom. The van der Waals surface area contributed by atoms with E-state index in [1.807, 2.05) is 29.2 Å². The average molecular weight is 332 g/mol. The van der Waals surface area contributed by atoms with E-state index in [1.54, 1.807) is 6.92 Å². The molecule has 3 rings (SSSR count). The van der Waals surface area contributed by atoms with Crippen LogP contribution >= 0.6 is 0 Å². The molecule has 2 heterocycles. The fourth-order valence-electron chi connectivity index (χ4n) is 2.71. The quantitative estimate of drug-likeness (QED) is 0.832. The molecule has 2 aromatic rings. The monoisotopic (exact) mass is 332 g/mol. The van der Waals surface area contributed by atoms with Crippen molar-refractivity contribution in [3.8, 4) is 0 Å². The van der Waals surface area contributed by atoms with E-state index in [-0.39, 0.29) is 18.4 Å². The highest BCUT2D eigenvalue weighted by molar-refractivity contribution is 5.81. The van der Waals surface area contributed by atoms with Crippen LogP contribution in [0.4, 0.5) is 10.8 Å². The van der Waals surface area contributed by atoms with Gasteiger partial charge in [0.25, 0.3) is 6.01 Å². The molecule has 0 aliphatic carbocycles. The van der Waals surface area contributed by atoms with Crippen molar-refractivity contribution in [2.75, 3.05) is 24.6 Å². The van der Waals surface area contributed by atoms with Crippen molar-refractivity contribution < 1.29 is 18.7 Å². The van der Waals surface area contributed by atoms with Gasteiger partial charge in [0.1, 0.15) is 5.52 Å². The van der Waals surface area contributed by atoms with Gasteiger partial charge in [0.2, 0.25) is 5.91 Å². The zero-order valence-electron chi connectivity index (χ0n) is 13.4. The minimum atomic E-state index is -0.658. The maximum Gasteiger partial charge on any atom is 0.426 e. The molecule has 1 aliphatic heterocycles. The van der Waals surface area contributed by atoms with Crippen molar-refractivity contribution in [1.82, 2.24) is 15.8 Å². The standard InChI is InChI=1S/C16H20N4O4/c1-2-23-16(22)19-18-14(21)11-7-9-20(10-8-11)15-17-12-5-3-4-6-13(12)24-15/h3-6,11H,2,7-10H2,1H3,(H,18,21)(H,19,22). The number of fused-ring (bicyclic) bond motifs is 1. The van der Waals surface area contributed by atoms with Crippen LogP contribution in [0.1, 0.15) is 19.8 Å². The van der Waals surface area contributed by atoms with E-state index in [2.05, 4.69) is 20.6 Å². The van der Waals surface area contributed by atoms with Gasteiger partial charge < -0.3 is 14.1 Å². The first kappa shape index (κ1) is 16.1. The molecule has 0 spiro atoms. The van der Waals surface area contributed by atoms with Gasteiger partial charge in [-0.3, -0.25) is 10.2 Å². The number of hydrogen-bond acceptors (Lipinski definition) is 6. The molecule has 0 bridgehead atoms. The lowest BCUT2D eigenvalue weighted by Gasteiger charge is -2.29. The maximum atomic E-state index is 12.1. The number of nitrogens with one attached hydrogen (secondary N) is 2. The number of anilines is 1. The topological polar surface area (TPSA) is 96.7 Å². The van der Waals surface area contributed by atoms with E-state index in [1.165, 1.54) is 0 Å². The molecule has 2 amide bonds. The molecular weight excluding hydrogens is 312 g/mol. The summed E-state index contributed by atoms with van der Waals surface area (Å²) < 4.78 is 10.4. The van der Waals surface area contributed by atoms with E-state index in [9.17, 15) is 9.59 Å². The van der Waals surface area contributed by atoms with Crippen LogP contribution in [0.5, 0.6) is 0 Å². The zero-order valence-corrected chi connectivity index (χ0v) is 13.4. The Morgan fingerprint density at radius 1 is 1.29 bits per heavy atom. The van der Waals surface area contributed by atoms with Crippen molar-refractivity contribution in [3.63, 3.8) is 0 Å². The van der Waals surface area contributed by atoms with Crippen LogP contribution in [-0.4, -0.2) is 36.7 Å². The number of rotatable bonds is 3. The molecule has 2 N–H and O–H groups in total. The molecule has 8 heteroatoms. The normalized spacial score (nSPS) is 15.3. The van der Waals surface area contributed by atoms with Crippen LogP contribution in [0.3, 0.4) is 0 Å². The SMILES string of the molecule is CCOC(=O)NNC(=O)C1CCN(c2nc3ccccc3o2)CC1. The molecule has 1 saturated heterocycles. The number of piperidine rings is 1. The molecule has 1 aromatic carbocycles. The van der Waals surface area contributed by atoms with Gasteiger partial charge in [0, 0.05) is 19.0 Å². The van der Waals surface area contributed by atoms with E-state index < -0.39 is 6.09 Å². The lowest BCUT2D eigenvalue weighted by atomic mass is 9.96. The molecule has 0 atom stereocenters. The summed E-state index contributed by atoms with van der Waals surface area (Å²) in [7, 11) is 0. The smallest absolute Gasteiger partial charge is 0.426 e. The van der Waals surface area contributed by atoms with Gasteiger partial charge in [0.05, 0.1) is 6.61 Å². The number of nitrogens with zero attached hydrogens (tertiary/aromatic N) is 2. The van der Waals surface area contributed by atoms with Gasteiger partial charge in [-0.2, -0.15) is 4.98 Å². The van der Waals surface area contributed by atoms with Crippen LogP contribution in [0, 0.1) is 5.92 Å². The van der Waals surface area contributed by atoms with Gasteiger partial charge in [-0.05, 0) is 31.9 Å². The predicted molar refractivity (Wildman–Crippen MR) is 87.2 cm³/mol. The summed E-state index contributed by atoms with van der Waals surface area (Å²) >= 11 is 0.